The predicted molar refractivity (Wildman–Crippen MR) is 75.8 cm³/mol. The zero-order chi connectivity index (χ0) is 13.0. The molecule has 0 aliphatic heterocycles. The molecule has 1 unspecified atom stereocenters. The second-order valence-corrected chi connectivity index (χ2v) is 4.78. The second-order valence-electron chi connectivity index (χ2n) is 3.87. The molecule has 3 nitrogen and oxygen atoms in total. The molecule has 1 aromatic heterocycles. The highest BCUT2D eigenvalue weighted by Crippen LogP contribution is 2.28. The Labute approximate surface area is 115 Å². The molecule has 2 rings (SSSR count). The number of benzene rings is 1. The first kappa shape index (κ1) is 13.1. The smallest absolute Gasteiger partial charge is 0.142 e. The molecule has 4 heteroatoms. The zero-order valence-corrected chi connectivity index (χ0v) is 11.9. The van der Waals surface area contributed by atoms with Crippen molar-refractivity contribution in [3.8, 4) is 5.75 Å². The maximum atomic E-state index is 5.37. The van der Waals surface area contributed by atoms with Crippen molar-refractivity contribution in [1.29, 1.82) is 0 Å². The Balaban J connectivity index is 2.45. The van der Waals surface area contributed by atoms with Crippen LogP contribution >= 0.6 is 15.9 Å². The Kier molecular flexibility index (Phi) is 4.33. The average Bonchev–Trinajstić information content (AvgIpc) is 2.40. The van der Waals surface area contributed by atoms with Crippen LogP contribution in [0.15, 0.2) is 47.1 Å². The van der Waals surface area contributed by atoms with Crippen LogP contribution in [0.4, 0.5) is 0 Å². The molecule has 0 radical (unpaired) electrons. The fourth-order valence-electron chi connectivity index (χ4n) is 1.94. The number of rotatable bonds is 4. The summed E-state index contributed by atoms with van der Waals surface area (Å²) in [4.78, 5) is 4.42. The molecule has 0 fully saturated rings. The molecule has 0 saturated carbocycles. The minimum atomic E-state index is 0.0126. The third kappa shape index (κ3) is 2.71. The topological polar surface area (TPSA) is 34.2 Å². The highest BCUT2D eigenvalue weighted by atomic mass is 79.9. The van der Waals surface area contributed by atoms with E-state index in [1.54, 1.807) is 13.3 Å². The lowest BCUT2D eigenvalue weighted by Gasteiger charge is -2.18. The molecule has 0 saturated heterocycles. The number of pyridine rings is 1. The van der Waals surface area contributed by atoms with Gasteiger partial charge in [0.05, 0.1) is 13.2 Å². The van der Waals surface area contributed by atoms with Crippen molar-refractivity contribution in [3.63, 3.8) is 0 Å². The van der Waals surface area contributed by atoms with E-state index in [0.29, 0.717) is 0 Å². The second kappa shape index (κ2) is 5.98. The van der Waals surface area contributed by atoms with Gasteiger partial charge < -0.3 is 10.1 Å². The van der Waals surface area contributed by atoms with E-state index in [1.807, 2.05) is 31.3 Å². The third-order valence-corrected chi connectivity index (χ3v) is 3.26. The van der Waals surface area contributed by atoms with Gasteiger partial charge in [-0.25, -0.2) is 0 Å². The maximum absolute atomic E-state index is 5.37. The molecule has 1 heterocycles. The van der Waals surface area contributed by atoms with Crippen LogP contribution in [-0.4, -0.2) is 19.1 Å². The monoisotopic (exact) mass is 306 g/mol. The standard InChI is InChI=1S/C14H15BrN2O/c1-16-13(10-5-3-6-11(15)9-10)14-12(18-2)7-4-8-17-14/h3-9,13,16H,1-2H3. The summed E-state index contributed by atoms with van der Waals surface area (Å²) in [7, 11) is 3.58. The van der Waals surface area contributed by atoms with E-state index in [2.05, 4.69) is 38.4 Å². The van der Waals surface area contributed by atoms with Crippen molar-refractivity contribution in [3.05, 3.63) is 58.3 Å². The molecule has 2 aromatic rings. The average molecular weight is 307 g/mol. The summed E-state index contributed by atoms with van der Waals surface area (Å²) in [5.74, 6) is 0.789. The van der Waals surface area contributed by atoms with Gasteiger partial charge in [0.15, 0.2) is 0 Å². The van der Waals surface area contributed by atoms with E-state index in [-0.39, 0.29) is 6.04 Å². The summed E-state index contributed by atoms with van der Waals surface area (Å²) in [6, 6.07) is 12.0. The maximum Gasteiger partial charge on any atom is 0.142 e. The van der Waals surface area contributed by atoms with Crippen LogP contribution in [0.3, 0.4) is 0 Å². The van der Waals surface area contributed by atoms with Crippen molar-refractivity contribution in [2.75, 3.05) is 14.2 Å². The summed E-state index contributed by atoms with van der Waals surface area (Å²) in [5.41, 5.74) is 2.03. The number of halogens is 1. The summed E-state index contributed by atoms with van der Waals surface area (Å²) in [6.07, 6.45) is 1.78. The number of ether oxygens (including phenoxy) is 1. The minimum absolute atomic E-state index is 0.0126. The lowest BCUT2D eigenvalue weighted by Crippen LogP contribution is -2.19. The third-order valence-electron chi connectivity index (χ3n) is 2.76. The first-order valence-corrected chi connectivity index (χ1v) is 6.47. The van der Waals surface area contributed by atoms with Gasteiger partial charge in [0.1, 0.15) is 11.4 Å². The van der Waals surface area contributed by atoms with Gasteiger partial charge in [0.2, 0.25) is 0 Å². The van der Waals surface area contributed by atoms with Gasteiger partial charge in [-0.05, 0) is 36.9 Å². The molecule has 0 amide bonds. The highest BCUT2D eigenvalue weighted by molar-refractivity contribution is 9.10. The Morgan fingerprint density at radius 1 is 1.28 bits per heavy atom. The van der Waals surface area contributed by atoms with E-state index in [1.165, 1.54) is 0 Å². The van der Waals surface area contributed by atoms with Gasteiger partial charge in [0, 0.05) is 10.7 Å². The molecule has 1 N–H and O–H groups in total. The van der Waals surface area contributed by atoms with Gasteiger partial charge in [-0.15, -0.1) is 0 Å². The first-order valence-electron chi connectivity index (χ1n) is 5.68. The Hall–Kier alpha value is -1.39. The number of hydrogen-bond donors (Lipinski definition) is 1. The van der Waals surface area contributed by atoms with E-state index >= 15 is 0 Å². The summed E-state index contributed by atoms with van der Waals surface area (Å²) >= 11 is 3.49. The predicted octanol–water partition coefficient (Wildman–Crippen LogP) is 3.16. The molecule has 0 bridgehead atoms. The number of nitrogens with zero attached hydrogens (tertiary/aromatic N) is 1. The molecule has 1 atom stereocenters. The number of aromatic nitrogens is 1. The van der Waals surface area contributed by atoms with Gasteiger partial charge in [-0.3, -0.25) is 4.98 Å². The van der Waals surface area contributed by atoms with Crippen molar-refractivity contribution < 1.29 is 4.74 Å². The van der Waals surface area contributed by atoms with Crippen LogP contribution in [0, 0.1) is 0 Å². The zero-order valence-electron chi connectivity index (χ0n) is 10.4. The number of hydrogen-bond acceptors (Lipinski definition) is 3. The minimum Gasteiger partial charge on any atom is -0.495 e. The van der Waals surface area contributed by atoms with Crippen LogP contribution < -0.4 is 10.1 Å². The lowest BCUT2D eigenvalue weighted by atomic mass is 10.0. The molecule has 1 aromatic carbocycles. The first-order chi connectivity index (χ1) is 8.76. The van der Waals surface area contributed by atoms with Crippen molar-refractivity contribution >= 4 is 15.9 Å². The van der Waals surface area contributed by atoms with Gasteiger partial charge in [-0.1, -0.05) is 28.1 Å². The molecule has 0 aliphatic carbocycles. The lowest BCUT2D eigenvalue weighted by molar-refractivity contribution is 0.401. The molecule has 0 aliphatic rings. The fourth-order valence-corrected chi connectivity index (χ4v) is 2.36. The molecule has 0 spiro atoms. The summed E-state index contributed by atoms with van der Waals surface area (Å²) < 4.78 is 6.42. The number of methoxy groups -OCH3 is 1. The van der Waals surface area contributed by atoms with E-state index in [0.717, 1.165) is 21.5 Å². The molecule has 94 valence electrons. The van der Waals surface area contributed by atoms with Crippen LogP contribution in [-0.2, 0) is 0 Å². The van der Waals surface area contributed by atoms with E-state index in [9.17, 15) is 0 Å². The van der Waals surface area contributed by atoms with Crippen LogP contribution in [0.5, 0.6) is 5.75 Å². The van der Waals surface area contributed by atoms with Crippen LogP contribution in [0.2, 0.25) is 0 Å². The van der Waals surface area contributed by atoms with Crippen LogP contribution in [0.1, 0.15) is 17.3 Å². The van der Waals surface area contributed by atoms with Crippen LogP contribution in [0.25, 0.3) is 0 Å². The number of nitrogens with one attached hydrogen (secondary N) is 1. The van der Waals surface area contributed by atoms with E-state index in [4.69, 9.17) is 4.74 Å². The van der Waals surface area contributed by atoms with Crippen molar-refractivity contribution in [1.82, 2.24) is 10.3 Å². The molecular formula is C14H15BrN2O. The molecule has 18 heavy (non-hydrogen) atoms. The highest BCUT2D eigenvalue weighted by Gasteiger charge is 2.17. The quantitative estimate of drug-likeness (QED) is 0.942. The Morgan fingerprint density at radius 2 is 2.11 bits per heavy atom. The van der Waals surface area contributed by atoms with Gasteiger partial charge in [-0.2, -0.15) is 0 Å². The largest absolute Gasteiger partial charge is 0.495 e. The fraction of sp³-hybridized carbons (Fsp3) is 0.214. The normalized spacial score (nSPS) is 12.2. The SMILES string of the molecule is CNC(c1cccc(Br)c1)c1ncccc1OC. The Bertz CT molecular complexity index is 531. The van der Waals surface area contributed by atoms with Gasteiger partial charge >= 0.3 is 0 Å². The summed E-state index contributed by atoms with van der Waals surface area (Å²) in [5, 5.41) is 3.27. The van der Waals surface area contributed by atoms with Crippen molar-refractivity contribution in [2.45, 2.75) is 6.04 Å². The Morgan fingerprint density at radius 3 is 2.78 bits per heavy atom. The van der Waals surface area contributed by atoms with E-state index < -0.39 is 0 Å². The van der Waals surface area contributed by atoms with Crippen molar-refractivity contribution in [2.24, 2.45) is 0 Å². The summed E-state index contributed by atoms with van der Waals surface area (Å²) in [6.45, 7) is 0. The molecular weight excluding hydrogens is 292 g/mol. The van der Waals surface area contributed by atoms with Gasteiger partial charge in [0.25, 0.3) is 0 Å².